The van der Waals surface area contributed by atoms with Crippen LogP contribution in [0, 0.1) is 5.92 Å². The van der Waals surface area contributed by atoms with E-state index in [4.69, 9.17) is 10.5 Å². The van der Waals surface area contributed by atoms with Crippen LogP contribution in [0.1, 0.15) is 30.1 Å². The first-order valence-electron chi connectivity index (χ1n) is 7.95. The number of nitrogens with one attached hydrogen (secondary N) is 1. The van der Waals surface area contributed by atoms with Crippen molar-refractivity contribution in [3.8, 4) is 11.1 Å². The van der Waals surface area contributed by atoms with Crippen LogP contribution in [0.5, 0.6) is 0 Å². The van der Waals surface area contributed by atoms with Gasteiger partial charge in [-0.25, -0.2) is 4.79 Å². The quantitative estimate of drug-likeness (QED) is 0.776. The van der Waals surface area contributed by atoms with Gasteiger partial charge in [0.05, 0.1) is 0 Å². The van der Waals surface area contributed by atoms with Crippen LogP contribution in [-0.4, -0.2) is 23.9 Å². The second kappa shape index (κ2) is 7.06. The summed E-state index contributed by atoms with van der Waals surface area (Å²) in [4.78, 5) is 35.9. The molecular formula is C18H18N2O4S. The van der Waals surface area contributed by atoms with E-state index in [0.717, 1.165) is 18.4 Å². The largest absolute Gasteiger partial charge is 0.449 e. The lowest BCUT2D eigenvalue weighted by Gasteiger charge is -2.12. The topological polar surface area (TPSA) is 98.5 Å². The number of primary amides is 1. The fraction of sp³-hybridized carbons (Fsp3) is 0.278. The molecule has 1 atom stereocenters. The Kier molecular flexibility index (Phi) is 4.85. The minimum Gasteiger partial charge on any atom is -0.449 e. The average molecular weight is 358 g/mol. The third kappa shape index (κ3) is 3.88. The zero-order valence-corrected chi connectivity index (χ0v) is 14.5. The Labute approximate surface area is 149 Å². The fourth-order valence-corrected chi connectivity index (χ4v) is 3.28. The van der Waals surface area contributed by atoms with Crippen LogP contribution in [-0.2, 0) is 14.3 Å². The van der Waals surface area contributed by atoms with E-state index in [1.165, 1.54) is 18.3 Å². The molecule has 2 amide bonds. The Bertz CT molecular complexity index is 812. The maximum Gasteiger partial charge on any atom is 0.342 e. The predicted octanol–water partition coefficient (Wildman–Crippen LogP) is 2.79. The Morgan fingerprint density at radius 2 is 1.92 bits per heavy atom. The monoisotopic (exact) mass is 358 g/mol. The van der Waals surface area contributed by atoms with Crippen molar-refractivity contribution in [1.29, 1.82) is 0 Å². The van der Waals surface area contributed by atoms with E-state index in [1.54, 1.807) is 5.38 Å². The molecular weight excluding hydrogens is 340 g/mol. The fourth-order valence-electron chi connectivity index (χ4n) is 2.32. The third-order valence-electron chi connectivity index (χ3n) is 3.95. The van der Waals surface area contributed by atoms with Crippen LogP contribution in [0.3, 0.4) is 0 Å². The summed E-state index contributed by atoms with van der Waals surface area (Å²) in [6, 6.07) is 9.32. The number of esters is 1. The smallest absolute Gasteiger partial charge is 0.342 e. The number of carbonyl (C=O) groups excluding carboxylic acids is 3. The molecule has 1 aliphatic carbocycles. The molecule has 3 rings (SSSR count). The van der Waals surface area contributed by atoms with Gasteiger partial charge in [-0.3, -0.25) is 9.59 Å². The van der Waals surface area contributed by atoms with Gasteiger partial charge in [-0.2, -0.15) is 0 Å². The normalized spacial score (nSPS) is 14.6. The van der Waals surface area contributed by atoms with Gasteiger partial charge in [-0.1, -0.05) is 30.3 Å². The molecule has 7 heteroatoms. The Balaban J connectivity index is 1.95. The summed E-state index contributed by atoms with van der Waals surface area (Å²) in [5, 5.41) is 5.03. The van der Waals surface area contributed by atoms with E-state index >= 15 is 0 Å². The van der Waals surface area contributed by atoms with Gasteiger partial charge in [0.2, 0.25) is 5.91 Å². The van der Waals surface area contributed by atoms with Crippen LogP contribution in [0.25, 0.3) is 11.1 Å². The Morgan fingerprint density at radius 3 is 2.52 bits per heavy atom. The van der Waals surface area contributed by atoms with Gasteiger partial charge in [0.25, 0.3) is 5.91 Å². The molecule has 6 nitrogen and oxygen atoms in total. The molecule has 1 saturated carbocycles. The lowest BCUT2D eigenvalue weighted by molar-refractivity contribution is -0.125. The molecule has 0 bridgehead atoms. The summed E-state index contributed by atoms with van der Waals surface area (Å²) in [7, 11) is 0. The van der Waals surface area contributed by atoms with E-state index in [9.17, 15) is 14.4 Å². The van der Waals surface area contributed by atoms with E-state index in [0.29, 0.717) is 10.6 Å². The summed E-state index contributed by atoms with van der Waals surface area (Å²) in [5.74, 6) is -1.50. The molecule has 1 fully saturated rings. The first-order valence-corrected chi connectivity index (χ1v) is 8.83. The van der Waals surface area contributed by atoms with Crippen molar-refractivity contribution >= 4 is 34.1 Å². The number of benzene rings is 1. The van der Waals surface area contributed by atoms with Crippen LogP contribution < -0.4 is 11.1 Å². The lowest BCUT2D eigenvalue weighted by atomic mass is 10.0. The third-order valence-corrected chi connectivity index (χ3v) is 4.84. The van der Waals surface area contributed by atoms with Crippen molar-refractivity contribution in [2.45, 2.75) is 25.9 Å². The number of nitrogens with two attached hydrogens (primary N) is 1. The molecule has 1 aliphatic rings. The van der Waals surface area contributed by atoms with Crippen LogP contribution in [0.15, 0.2) is 35.7 Å². The first-order chi connectivity index (χ1) is 12.0. The van der Waals surface area contributed by atoms with Crippen molar-refractivity contribution < 1.29 is 19.1 Å². The highest BCUT2D eigenvalue weighted by atomic mass is 32.1. The molecule has 0 spiro atoms. The number of hydrogen-bond acceptors (Lipinski definition) is 5. The van der Waals surface area contributed by atoms with Crippen molar-refractivity contribution in [2.75, 3.05) is 5.32 Å². The van der Waals surface area contributed by atoms with Gasteiger partial charge in [-0.15, -0.1) is 11.3 Å². The number of rotatable bonds is 6. The van der Waals surface area contributed by atoms with Gasteiger partial charge in [0.1, 0.15) is 10.6 Å². The maximum absolute atomic E-state index is 12.6. The van der Waals surface area contributed by atoms with Gasteiger partial charge in [0.15, 0.2) is 6.10 Å². The highest BCUT2D eigenvalue weighted by molar-refractivity contribution is 7.15. The molecule has 0 radical (unpaired) electrons. The zero-order valence-electron chi connectivity index (χ0n) is 13.7. The highest BCUT2D eigenvalue weighted by Crippen LogP contribution is 2.38. The van der Waals surface area contributed by atoms with E-state index < -0.39 is 18.0 Å². The van der Waals surface area contributed by atoms with Gasteiger partial charge < -0.3 is 15.8 Å². The molecule has 0 aliphatic heterocycles. The summed E-state index contributed by atoms with van der Waals surface area (Å²) in [6.07, 6.45) is 0.672. The van der Waals surface area contributed by atoms with Crippen LogP contribution in [0.2, 0.25) is 0 Å². The van der Waals surface area contributed by atoms with Crippen LogP contribution in [0.4, 0.5) is 5.00 Å². The number of thiophene rings is 1. The highest BCUT2D eigenvalue weighted by Gasteiger charge is 2.32. The number of amides is 2. The minimum atomic E-state index is -1.05. The lowest BCUT2D eigenvalue weighted by Crippen LogP contribution is -2.30. The van der Waals surface area contributed by atoms with E-state index in [2.05, 4.69) is 5.32 Å². The minimum absolute atomic E-state index is 0.00990. The summed E-state index contributed by atoms with van der Waals surface area (Å²) in [6.45, 7) is 1.41. The van der Waals surface area contributed by atoms with Gasteiger partial charge in [0, 0.05) is 16.9 Å². The van der Waals surface area contributed by atoms with Crippen LogP contribution >= 0.6 is 11.3 Å². The summed E-state index contributed by atoms with van der Waals surface area (Å²) in [5.41, 5.74) is 6.89. The molecule has 130 valence electrons. The van der Waals surface area contributed by atoms with Crippen molar-refractivity contribution in [2.24, 2.45) is 11.7 Å². The first kappa shape index (κ1) is 17.2. The zero-order chi connectivity index (χ0) is 18.0. The van der Waals surface area contributed by atoms with Gasteiger partial charge in [-0.05, 0) is 25.3 Å². The van der Waals surface area contributed by atoms with Crippen molar-refractivity contribution in [3.05, 3.63) is 41.3 Å². The van der Waals surface area contributed by atoms with Crippen molar-refractivity contribution in [1.82, 2.24) is 0 Å². The molecule has 0 saturated heterocycles. The summed E-state index contributed by atoms with van der Waals surface area (Å²) >= 11 is 1.26. The number of ether oxygens (including phenoxy) is 1. The second-order valence-electron chi connectivity index (χ2n) is 5.93. The Morgan fingerprint density at radius 1 is 1.24 bits per heavy atom. The molecule has 1 heterocycles. The molecule has 1 unspecified atom stereocenters. The Hall–Kier alpha value is -2.67. The molecule has 1 aromatic carbocycles. The average Bonchev–Trinajstić information content (AvgIpc) is 3.36. The maximum atomic E-state index is 12.6. The van der Waals surface area contributed by atoms with Crippen molar-refractivity contribution in [3.63, 3.8) is 0 Å². The molecule has 1 aromatic heterocycles. The van der Waals surface area contributed by atoms with E-state index in [-0.39, 0.29) is 17.4 Å². The van der Waals surface area contributed by atoms with E-state index in [1.807, 2.05) is 30.3 Å². The predicted molar refractivity (Wildman–Crippen MR) is 95.2 cm³/mol. The number of hydrogen-bond donors (Lipinski definition) is 2. The molecule has 3 N–H and O–H groups in total. The second-order valence-corrected chi connectivity index (χ2v) is 6.81. The number of anilines is 1. The number of carbonyl (C=O) groups is 3. The molecule has 2 aromatic rings. The van der Waals surface area contributed by atoms with Gasteiger partial charge >= 0.3 is 5.97 Å². The SMILES string of the molecule is CC(OC(=O)c1c(-c2ccccc2)csc1NC(=O)C1CC1)C(N)=O. The molecule has 25 heavy (non-hydrogen) atoms. The summed E-state index contributed by atoms with van der Waals surface area (Å²) < 4.78 is 5.16. The standard InChI is InChI=1S/C18H18N2O4S/c1-10(15(19)21)24-18(23)14-13(11-5-3-2-4-6-11)9-25-17(14)20-16(22)12-7-8-12/h2-6,9-10,12H,7-8H2,1H3,(H2,19,21)(H,20,22).